The molecule has 2 heterocycles. The Hall–Kier alpha value is -2.17. The lowest BCUT2D eigenvalue weighted by Gasteiger charge is -2.24. The van der Waals surface area contributed by atoms with Crippen LogP contribution in [-0.4, -0.2) is 39.9 Å². The van der Waals surface area contributed by atoms with Gasteiger partial charge in [0.1, 0.15) is 12.1 Å². The molecule has 1 saturated heterocycles. The molecule has 1 amide bonds. The number of nitrogens with zero attached hydrogens (tertiary/aromatic N) is 3. The first kappa shape index (κ1) is 14.4. The molecule has 120 valence electrons. The third-order valence-corrected chi connectivity index (χ3v) is 5.11. The van der Waals surface area contributed by atoms with Gasteiger partial charge in [-0.25, -0.2) is 9.97 Å². The Morgan fingerprint density at radius 2 is 2.00 bits per heavy atom. The molecule has 2 aliphatic rings. The van der Waals surface area contributed by atoms with E-state index in [-0.39, 0.29) is 0 Å². The van der Waals surface area contributed by atoms with Gasteiger partial charge in [-0.2, -0.15) is 0 Å². The van der Waals surface area contributed by atoms with Crippen molar-refractivity contribution in [2.75, 3.05) is 18.4 Å². The van der Waals surface area contributed by atoms with E-state index in [1.165, 1.54) is 25.7 Å². The molecule has 2 fully saturated rings. The number of hydrogen-bond acceptors (Lipinski definition) is 4. The van der Waals surface area contributed by atoms with Gasteiger partial charge in [0, 0.05) is 36.9 Å². The first-order valence-electron chi connectivity index (χ1n) is 8.54. The molecular weight excluding hydrogens is 288 g/mol. The molecule has 1 atom stereocenters. The van der Waals surface area contributed by atoms with Gasteiger partial charge in [-0.05, 0) is 25.0 Å². The molecule has 5 heteroatoms. The van der Waals surface area contributed by atoms with Crippen LogP contribution in [0.5, 0.6) is 0 Å². The molecule has 1 unspecified atom stereocenters. The van der Waals surface area contributed by atoms with Crippen LogP contribution in [0, 0.1) is 5.92 Å². The van der Waals surface area contributed by atoms with Gasteiger partial charge in [-0.1, -0.05) is 25.0 Å². The Balaban J connectivity index is 1.42. The molecule has 1 aliphatic carbocycles. The monoisotopic (exact) mass is 310 g/mol. The minimum atomic E-state index is 0.330. The van der Waals surface area contributed by atoms with Crippen LogP contribution in [-0.2, 0) is 4.79 Å². The van der Waals surface area contributed by atoms with Crippen LogP contribution < -0.4 is 5.32 Å². The van der Waals surface area contributed by atoms with Crippen molar-refractivity contribution >= 4 is 22.6 Å². The van der Waals surface area contributed by atoms with E-state index < -0.39 is 0 Å². The number of likely N-dealkylation sites (tertiary alicyclic amines) is 1. The average Bonchev–Trinajstić information content (AvgIpc) is 3.22. The second kappa shape index (κ2) is 6.14. The van der Waals surface area contributed by atoms with Crippen molar-refractivity contribution in [3.8, 4) is 0 Å². The maximum absolute atomic E-state index is 12.3. The summed E-state index contributed by atoms with van der Waals surface area (Å²) in [4.78, 5) is 23.0. The molecular formula is C18H22N4O. The van der Waals surface area contributed by atoms with Crippen LogP contribution in [0.3, 0.4) is 0 Å². The number of para-hydroxylation sites is 1. The molecule has 1 aromatic heterocycles. The first-order valence-corrected chi connectivity index (χ1v) is 8.54. The molecule has 4 rings (SSSR count). The van der Waals surface area contributed by atoms with Crippen molar-refractivity contribution < 1.29 is 4.79 Å². The molecule has 0 spiro atoms. The van der Waals surface area contributed by atoms with E-state index in [1.54, 1.807) is 6.33 Å². The van der Waals surface area contributed by atoms with Crippen LogP contribution in [0.4, 0.5) is 5.82 Å². The Morgan fingerprint density at radius 1 is 1.17 bits per heavy atom. The van der Waals surface area contributed by atoms with Gasteiger partial charge in [0.25, 0.3) is 0 Å². The molecule has 0 radical (unpaired) electrons. The summed E-state index contributed by atoms with van der Waals surface area (Å²) >= 11 is 0. The fourth-order valence-corrected chi connectivity index (χ4v) is 3.90. The van der Waals surface area contributed by atoms with Gasteiger partial charge in [0.15, 0.2) is 0 Å². The zero-order valence-electron chi connectivity index (χ0n) is 13.2. The summed E-state index contributed by atoms with van der Waals surface area (Å²) in [5.74, 6) is 1.57. The summed E-state index contributed by atoms with van der Waals surface area (Å²) in [6, 6.07) is 8.49. The number of anilines is 1. The van der Waals surface area contributed by atoms with Crippen molar-refractivity contribution in [1.29, 1.82) is 0 Å². The smallest absolute Gasteiger partial charge is 0.223 e. The van der Waals surface area contributed by atoms with Crippen molar-refractivity contribution in [3.05, 3.63) is 30.6 Å². The summed E-state index contributed by atoms with van der Waals surface area (Å²) in [5, 5.41) is 4.47. The number of rotatable bonds is 4. The zero-order chi connectivity index (χ0) is 15.6. The summed E-state index contributed by atoms with van der Waals surface area (Å²) in [6.07, 6.45) is 7.15. The molecule has 1 saturated carbocycles. The van der Waals surface area contributed by atoms with E-state index in [0.717, 1.165) is 29.8 Å². The largest absolute Gasteiger partial charge is 0.369 e. The second-order valence-corrected chi connectivity index (χ2v) is 6.67. The first-order chi connectivity index (χ1) is 11.3. The summed E-state index contributed by atoms with van der Waals surface area (Å²) < 4.78 is 0. The maximum atomic E-state index is 12.3. The van der Waals surface area contributed by atoms with Crippen LogP contribution in [0.2, 0.25) is 0 Å². The number of hydrogen-bond donors (Lipinski definition) is 1. The number of carbonyl (C=O) groups excluding carboxylic acids is 1. The van der Waals surface area contributed by atoms with E-state index in [1.807, 2.05) is 24.3 Å². The molecule has 23 heavy (non-hydrogen) atoms. The number of benzene rings is 1. The van der Waals surface area contributed by atoms with Gasteiger partial charge in [0.2, 0.25) is 5.91 Å². The predicted octanol–water partition coefficient (Wildman–Crippen LogP) is 2.83. The normalized spacial score (nSPS) is 22.2. The fraction of sp³-hybridized carbons (Fsp3) is 0.500. The number of aromatic nitrogens is 2. The number of carbonyl (C=O) groups is 1. The van der Waals surface area contributed by atoms with E-state index >= 15 is 0 Å². The highest BCUT2D eigenvalue weighted by Gasteiger charge is 2.35. The molecule has 5 nitrogen and oxygen atoms in total. The summed E-state index contributed by atoms with van der Waals surface area (Å²) in [5.41, 5.74) is 0.945. The van der Waals surface area contributed by atoms with Crippen LogP contribution >= 0.6 is 0 Å². The highest BCUT2D eigenvalue weighted by molar-refractivity contribution is 5.88. The fourth-order valence-electron chi connectivity index (χ4n) is 3.90. The minimum Gasteiger partial charge on any atom is -0.369 e. The van der Waals surface area contributed by atoms with Gasteiger partial charge in [0.05, 0.1) is 5.52 Å². The Morgan fingerprint density at radius 3 is 2.87 bits per heavy atom. The highest BCUT2D eigenvalue weighted by atomic mass is 16.2. The summed E-state index contributed by atoms with van der Waals surface area (Å²) in [7, 11) is 0. The van der Waals surface area contributed by atoms with Crippen molar-refractivity contribution in [2.24, 2.45) is 5.92 Å². The third kappa shape index (κ3) is 2.87. The zero-order valence-corrected chi connectivity index (χ0v) is 13.2. The van der Waals surface area contributed by atoms with Crippen molar-refractivity contribution in [2.45, 2.75) is 38.1 Å². The van der Waals surface area contributed by atoms with E-state index in [4.69, 9.17) is 0 Å². The Kier molecular flexibility index (Phi) is 3.85. The lowest BCUT2D eigenvalue weighted by Crippen LogP contribution is -2.34. The quantitative estimate of drug-likeness (QED) is 0.943. The van der Waals surface area contributed by atoms with Gasteiger partial charge in [-0.3, -0.25) is 4.79 Å². The lowest BCUT2D eigenvalue weighted by atomic mass is 10.1. The minimum absolute atomic E-state index is 0.330. The molecule has 0 bridgehead atoms. The predicted molar refractivity (Wildman–Crippen MR) is 90.1 cm³/mol. The van der Waals surface area contributed by atoms with Gasteiger partial charge < -0.3 is 10.2 Å². The summed E-state index contributed by atoms with van der Waals surface area (Å²) in [6.45, 7) is 1.68. The topological polar surface area (TPSA) is 58.1 Å². The van der Waals surface area contributed by atoms with Crippen LogP contribution in [0.1, 0.15) is 32.1 Å². The number of amides is 1. The van der Waals surface area contributed by atoms with Crippen LogP contribution in [0.25, 0.3) is 10.9 Å². The van der Waals surface area contributed by atoms with Crippen molar-refractivity contribution in [3.63, 3.8) is 0 Å². The average molecular weight is 310 g/mol. The van der Waals surface area contributed by atoms with Crippen LogP contribution in [0.15, 0.2) is 30.6 Å². The SMILES string of the molecule is O=C1CC(CNc2ncnc3ccccc23)CN1C1CCCC1. The Labute approximate surface area is 136 Å². The lowest BCUT2D eigenvalue weighted by molar-refractivity contribution is -0.129. The second-order valence-electron chi connectivity index (χ2n) is 6.67. The molecule has 2 aromatic rings. The molecule has 1 aliphatic heterocycles. The number of fused-ring (bicyclic) bond motifs is 1. The standard InChI is InChI=1S/C18H22N4O/c23-17-9-13(11-22(17)14-5-1-2-6-14)10-19-18-15-7-3-4-8-16(15)20-12-21-18/h3-4,7-8,12-14H,1-2,5-6,9-11H2,(H,19,20,21). The Bertz CT molecular complexity index is 706. The van der Waals surface area contributed by atoms with Gasteiger partial charge in [-0.15, -0.1) is 0 Å². The maximum Gasteiger partial charge on any atom is 0.223 e. The molecule has 1 aromatic carbocycles. The van der Waals surface area contributed by atoms with E-state index in [9.17, 15) is 4.79 Å². The van der Waals surface area contributed by atoms with Gasteiger partial charge >= 0.3 is 0 Å². The highest BCUT2D eigenvalue weighted by Crippen LogP contribution is 2.29. The number of nitrogens with one attached hydrogen (secondary N) is 1. The van der Waals surface area contributed by atoms with Crippen molar-refractivity contribution in [1.82, 2.24) is 14.9 Å². The van der Waals surface area contributed by atoms with E-state index in [2.05, 4.69) is 20.2 Å². The van der Waals surface area contributed by atoms with E-state index in [0.29, 0.717) is 24.3 Å². The third-order valence-electron chi connectivity index (χ3n) is 5.11. The molecule has 1 N–H and O–H groups in total.